The molecule has 0 aliphatic rings. The van der Waals surface area contributed by atoms with E-state index in [1.807, 2.05) is 41.9 Å². The van der Waals surface area contributed by atoms with E-state index in [4.69, 9.17) is 0 Å². The number of carbonyl (C=O) groups excluding carboxylic acids is 1. The van der Waals surface area contributed by atoms with Crippen molar-refractivity contribution in [2.45, 2.75) is 12.8 Å². The Kier molecular flexibility index (Phi) is 4.58. The van der Waals surface area contributed by atoms with Gasteiger partial charge in [0.25, 0.3) is 0 Å². The average Bonchev–Trinajstić information content (AvgIpc) is 3.39. The van der Waals surface area contributed by atoms with Crippen molar-refractivity contribution in [2.24, 2.45) is 0 Å². The Balaban J connectivity index is 1.26. The van der Waals surface area contributed by atoms with Crippen LogP contribution in [0.15, 0.2) is 78.3 Å². The molecule has 5 heteroatoms. The van der Waals surface area contributed by atoms with Gasteiger partial charge in [-0.1, -0.05) is 54.6 Å². The number of aromatic nitrogens is 2. The zero-order chi connectivity index (χ0) is 19.6. The van der Waals surface area contributed by atoms with Crippen LogP contribution in [0, 0.1) is 0 Å². The first kappa shape index (κ1) is 17.6. The van der Waals surface area contributed by atoms with Gasteiger partial charge in [-0.3, -0.25) is 4.79 Å². The highest BCUT2D eigenvalue weighted by Gasteiger charge is 2.10. The normalized spacial score (nSPS) is 11.2. The largest absolute Gasteiger partial charge is 0.361 e. The molecule has 2 heterocycles. The Hall–Kier alpha value is -3.44. The molecule has 0 atom stereocenters. The van der Waals surface area contributed by atoms with E-state index in [0.29, 0.717) is 18.0 Å². The van der Waals surface area contributed by atoms with Gasteiger partial charge in [0, 0.05) is 34.5 Å². The van der Waals surface area contributed by atoms with Crippen LogP contribution in [0.2, 0.25) is 0 Å². The maximum atomic E-state index is 12.4. The summed E-state index contributed by atoms with van der Waals surface area (Å²) in [6, 6.07) is 22.7. The maximum Gasteiger partial charge on any atom is 0.226 e. The van der Waals surface area contributed by atoms with Gasteiger partial charge in [-0.2, -0.15) is 0 Å². The van der Waals surface area contributed by atoms with E-state index in [1.54, 1.807) is 0 Å². The SMILES string of the molecule is O=C(CCc1c[nH]c2ccccc12)Nc1nc(-c2ccc3ccccc3c2)cs1. The summed E-state index contributed by atoms with van der Waals surface area (Å²) in [7, 11) is 0. The van der Waals surface area contributed by atoms with Gasteiger partial charge in [-0.25, -0.2) is 4.98 Å². The summed E-state index contributed by atoms with van der Waals surface area (Å²) < 4.78 is 0. The third-order valence-electron chi connectivity index (χ3n) is 5.09. The average molecular weight is 398 g/mol. The maximum absolute atomic E-state index is 12.4. The van der Waals surface area contributed by atoms with Crippen molar-refractivity contribution in [1.82, 2.24) is 9.97 Å². The Morgan fingerprint density at radius 3 is 2.76 bits per heavy atom. The first-order chi connectivity index (χ1) is 14.3. The summed E-state index contributed by atoms with van der Waals surface area (Å²) in [5.41, 5.74) is 4.20. The third kappa shape index (κ3) is 3.65. The molecule has 0 aliphatic heterocycles. The molecule has 5 rings (SSSR count). The van der Waals surface area contributed by atoms with E-state index in [1.165, 1.54) is 27.5 Å². The number of nitrogens with zero attached hydrogens (tertiary/aromatic N) is 1. The Morgan fingerprint density at radius 2 is 1.83 bits per heavy atom. The molecule has 0 fully saturated rings. The van der Waals surface area contributed by atoms with Crippen LogP contribution in [-0.2, 0) is 11.2 Å². The van der Waals surface area contributed by atoms with Gasteiger partial charge in [0.15, 0.2) is 5.13 Å². The first-order valence-electron chi connectivity index (χ1n) is 9.56. The number of H-pyrrole nitrogens is 1. The van der Waals surface area contributed by atoms with Gasteiger partial charge in [0.2, 0.25) is 5.91 Å². The van der Waals surface area contributed by atoms with E-state index in [2.05, 4.69) is 51.7 Å². The van der Waals surface area contributed by atoms with Crippen molar-refractivity contribution in [3.63, 3.8) is 0 Å². The fourth-order valence-corrected chi connectivity index (χ4v) is 4.32. The smallest absolute Gasteiger partial charge is 0.226 e. The lowest BCUT2D eigenvalue weighted by atomic mass is 10.1. The zero-order valence-electron chi connectivity index (χ0n) is 15.7. The van der Waals surface area contributed by atoms with Gasteiger partial charge < -0.3 is 10.3 Å². The lowest BCUT2D eigenvalue weighted by molar-refractivity contribution is -0.116. The van der Waals surface area contributed by atoms with E-state index in [9.17, 15) is 4.79 Å². The number of benzene rings is 3. The molecule has 0 saturated heterocycles. The van der Waals surface area contributed by atoms with Crippen LogP contribution in [-0.4, -0.2) is 15.9 Å². The van der Waals surface area contributed by atoms with Crippen molar-refractivity contribution in [3.05, 3.63) is 83.9 Å². The molecule has 5 aromatic rings. The molecular weight excluding hydrogens is 378 g/mol. The predicted molar refractivity (Wildman–Crippen MR) is 120 cm³/mol. The van der Waals surface area contributed by atoms with Gasteiger partial charge in [-0.05, 0) is 34.9 Å². The standard InChI is InChI=1S/C24H19N3OS/c28-23(12-11-19-14-25-21-8-4-3-7-20(19)21)27-24-26-22(15-29-24)18-10-9-16-5-1-2-6-17(16)13-18/h1-10,13-15,25H,11-12H2,(H,26,27,28). The molecule has 2 aromatic heterocycles. The molecule has 2 N–H and O–H groups in total. The minimum Gasteiger partial charge on any atom is -0.361 e. The van der Waals surface area contributed by atoms with Crippen molar-refractivity contribution in [3.8, 4) is 11.3 Å². The summed E-state index contributed by atoms with van der Waals surface area (Å²) in [5.74, 6) is -0.0188. The second-order valence-corrected chi connectivity index (χ2v) is 7.87. The highest BCUT2D eigenvalue weighted by Crippen LogP contribution is 2.28. The van der Waals surface area contributed by atoms with Gasteiger partial charge in [-0.15, -0.1) is 11.3 Å². The van der Waals surface area contributed by atoms with Crippen LogP contribution in [0.4, 0.5) is 5.13 Å². The van der Waals surface area contributed by atoms with Crippen LogP contribution < -0.4 is 5.32 Å². The first-order valence-corrected chi connectivity index (χ1v) is 10.4. The number of aryl methyl sites for hydroxylation is 1. The summed E-state index contributed by atoms with van der Waals surface area (Å²) in [6.45, 7) is 0. The minimum atomic E-state index is -0.0188. The van der Waals surface area contributed by atoms with Crippen molar-refractivity contribution < 1.29 is 4.79 Å². The summed E-state index contributed by atoms with van der Waals surface area (Å²) in [6.07, 6.45) is 3.10. The lowest BCUT2D eigenvalue weighted by Gasteiger charge is -2.02. The van der Waals surface area contributed by atoms with E-state index in [0.717, 1.165) is 22.3 Å². The second kappa shape index (κ2) is 7.53. The number of anilines is 1. The molecule has 1 amide bonds. The number of rotatable bonds is 5. The van der Waals surface area contributed by atoms with Crippen molar-refractivity contribution in [2.75, 3.05) is 5.32 Å². The van der Waals surface area contributed by atoms with E-state index >= 15 is 0 Å². The molecule has 0 unspecified atom stereocenters. The molecule has 0 bridgehead atoms. The van der Waals surface area contributed by atoms with Crippen molar-refractivity contribution >= 4 is 44.1 Å². The van der Waals surface area contributed by atoms with Gasteiger partial charge >= 0.3 is 0 Å². The molecule has 0 spiro atoms. The monoisotopic (exact) mass is 397 g/mol. The van der Waals surface area contributed by atoms with Crippen LogP contribution in [0.5, 0.6) is 0 Å². The number of hydrogen-bond donors (Lipinski definition) is 2. The number of nitrogens with one attached hydrogen (secondary N) is 2. The fourth-order valence-electron chi connectivity index (χ4n) is 3.58. The van der Waals surface area contributed by atoms with Crippen LogP contribution in [0.3, 0.4) is 0 Å². The molecule has 0 aliphatic carbocycles. The summed E-state index contributed by atoms with van der Waals surface area (Å²) >= 11 is 1.45. The number of carbonyl (C=O) groups is 1. The quantitative estimate of drug-likeness (QED) is 0.381. The molecular formula is C24H19N3OS. The second-order valence-electron chi connectivity index (χ2n) is 7.01. The highest BCUT2D eigenvalue weighted by atomic mass is 32.1. The van der Waals surface area contributed by atoms with Gasteiger partial charge in [0.1, 0.15) is 0 Å². The molecule has 142 valence electrons. The number of fused-ring (bicyclic) bond motifs is 2. The van der Waals surface area contributed by atoms with E-state index in [-0.39, 0.29) is 5.91 Å². The topological polar surface area (TPSA) is 57.8 Å². The van der Waals surface area contributed by atoms with E-state index < -0.39 is 0 Å². The number of para-hydroxylation sites is 1. The van der Waals surface area contributed by atoms with Crippen LogP contribution in [0.1, 0.15) is 12.0 Å². The van der Waals surface area contributed by atoms with Gasteiger partial charge in [0.05, 0.1) is 5.69 Å². The molecule has 29 heavy (non-hydrogen) atoms. The fraction of sp³-hybridized carbons (Fsp3) is 0.0833. The van der Waals surface area contributed by atoms with Crippen LogP contribution in [0.25, 0.3) is 32.9 Å². The minimum absolute atomic E-state index is 0.0188. The molecule has 3 aromatic carbocycles. The molecule has 0 radical (unpaired) electrons. The number of aromatic amines is 1. The Bertz CT molecular complexity index is 1320. The highest BCUT2D eigenvalue weighted by molar-refractivity contribution is 7.14. The van der Waals surface area contributed by atoms with Crippen LogP contribution >= 0.6 is 11.3 Å². The lowest BCUT2D eigenvalue weighted by Crippen LogP contribution is -2.12. The Labute approximate surface area is 172 Å². The zero-order valence-corrected chi connectivity index (χ0v) is 16.5. The predicted octanol–water partition coefficient (Wildman–Crippen LogP) is 6.02. The summed E-state index contributed by atoms with van der Waals surface area (Å²) in [5, 5.41) is 9.12. The molecule has 0 saturated carbocycles. The van der Waals surface area contributed by atoms with Crippen molar-refractivity contribution in [1.29, 1.82) is 0 Å². The number of hydrogen-bond acceptors (Lipinski definition) is 3. The number of amides is 1. The number of thiazole rings is 1. The molecule has 4 nitrogen and oxygen atoms in total. The summed E-state index contributed by atoms with van der Waals surface area (Å²) in [4.78, 5) is 20.3. The Morgan fingerprint density at radius 1 is 1.00 bits per heavy atom. The third-order valence-corrected chi connectivity index (χ3v) is 5.85.